The number of carbonyl (C=O) groups is 1. The molecule has 1 atom stereocenters. The molecular formula is C17H24N2O. The van der Waals surface area contributed by atoms with Gasteiger partial charge >= 0.3 is 0 Å². The fourth-order valence-corrected chi connectivity index (χ4v) is 3.50. The molecule has 2 aliphatic rings. The highest BCUT2D eigenvalue weighted by Gasteiger charge is 2.25. The molecule has 0 radical (unpaired) electrons. The summed E-state index contributed by atoms with van der Waals surface area (Å²) in [7, 11) is 0. The molecule has 3 heteroatoms. The van der Waals surface area contributed by atoms with E-state index in [1.54, 1.807) is 0 Å². The Kier molecular flexibility index (Phi) is 4.06. The molecule has 2 aliphatic heterocycles. The number of nitrogens with zero attached hydrogens (tertiary/aromatic N) is 2. The maximum atomic E-state index is 12.6. The summed E-state index contributed by atoms with van der Waals surface area (Å²) in [4.78, 5) is 16.9. The van der Waals surface area contributed by atoms with Crippen molar-refractivity contribution in [3.63, 3.8) is 0 Å². The Morgan fingerprint density at radius 1 is 1.25 bits per heavy atom. The fraction of sp³-hybridized carbons (Fsp3) is 0.588. The van der Waals surface area contributed by atoms with E-state index in [4.69, 9.17) is 0 Å². The number of hydrogen-bond acceptors (Lipinski definition) is 2. The number of para-hydroxylation sites is 1. The Bertz CT molecular complexity index is 486. The predicted octanol–water partition coefficient (Wildman–Crippen LogP) is 2.70. The summed E-state index contributed by atoms with van der Waals surface area (Å²) in [5.41, 5.74) is 2.45. The number of amides is 1. The molecule has 0 saturated carbocycles. The van der Waals surface area contributed by atoms with E-state index in [1.807, 2.05) is 11.0 Å². The highest BCUT2D eigenvalue weighted by Crippen LogP contribution is 2.27. The summed E-state index contributed by atoms with van der Waals surface area (Å²) in [6.07, 6.45) is 4.71. The van der Waals surface area contributed by atoms with E-state index in [0.717, 1.165) is 44.1 Å². The predicted molar refractivity (Wildman–Crippen MR) is 82.0 cm³/mol. The van der Waals surface area contributed by atoms with Crippen LogP contribution in [0.1, 0.15) is 31.7 Å². The third kappa shape index (κ3) is 2.88. The number of piperidine rings is 1. The second kappa shape index (κ2) is 5.96. The van der Waals surface area contributed by atoms with Gasteiger partial charge in [0.2, 0.25) is 5.91 Å². The molecular weight excluding hydrogens is 248 g/mol. The minimum Gasteiger partial charge on any atom is -0.311 e. The maximum Gasteiger partial charge on any atom is 0.241 e. The van der Waals surface area contributed by atoms with E-state index >= 15 is 0 Å². The number of likely N-dealkylation sites (tertiary alicyclic amines) is 1. The normalized spacial score (nSPS) is 23.4. The number of hydrogen-bond donors (Lipinski definition) is 0. The molecule has 1 aromatic carbocycles. The van der Waals surface area contributed by atoms with E-state index < -0.39 is 0 Å². The third-order valence-electron chi connectivity index (χ3n) is 4.51. The number of rotatable bonds is 2. The zero-order chi connectivity index (χ0) is 13.9. The van der Waals surface area contributed by atoms with Crippen LogP contribution in [-0.2, 0) is 11.2 Å². The average Bonchev–Trinajstić information content (AvgIpc) is 2.46. The van der Waals surface area contributed by atoms with Crippen LogP contribution >= 0.6 is 0 Å². The molecule has 1 amide bonds. The van der Waals surface area contributed by atoms with Crippen LogP contribution in [0.5, 0.6) is 0 Å². The topological polar surface area (TPSA) is 23.6 Å². The average molecular weight is 272 g/mol. The van der Waals surface area contributed by atoms with Crippen LogP contribution < -0.4 is 4.90 Å². The summed E-state index contributed by atoms with van der Waals surface area (Å²) in [6.45, 7) is 5.89. The van der Waals surface area contributed by atoms with Crippen LogP contribution in [0.3, 0.4) is 0 Å². The molecule has 1 aromatic rings. The fourth-order valence-electron chi connectivity index (χ4n) is 3.50. The lowest BCUT2D eigenvalue weighted by Gasteiger charge is -2.34. The first-order valence-corrected chi connectivity index (χ1v) is 7.84. The zero-order valence-corrected chi connectivity index (χ0v) is 12.3. The van der Waals surface area contributed by atoms with Crippen LogP contribution in [0.2, 0.25) is 0 Å². The third-order valence-corrected chi connectivity index (χ3v) is 4.51. The number of fused-ring (bicyclic) bond motifs is 1. The Labute approximate surface area is 121 Å². The first-order chi connectivity index (χ1) is 9.74. The van der Waals surface area contributed by atoms with Crippen molar-refractivity contribution in [3.05, 3.63) is 29.8 Å². The number of benzene rings is 1. The highest BCUT2D eigenvalue weighted by atomic mass is 16.2. The molecule has 2 heterocycles. The van der Waals surface area contributed by atoms with Gasteiger partial charge in [0.25, 0.3) is 0 Å². The lowest BCUT2D eigenvalue weighted by molar-refractivity contribution is -0.120. The number of carbonyl (C=O) groups excluding carboxylic acids is 1. The summed E-state index contributed by atoms with van der Waals surface area (Å²) >= 11 is 0. The first kappa shape index (κ1) is 13.6. The first-order valence-electron chi connectivity index (χ1n) is 7.84. The molecule has 3 rings (SSSR count). The minimum absolute atomic E-state index is 0.270. The lowest BCUT2D eigenvalue weighted by Crippen LogP contribution is -2.45. The molecule has 0 aromatic heterocycles. The van der Waals surface area contributed by atoms with Crippen molar-refractivity contribution in [2.75, 3.05) is 31.1 Å². The van der Waals surface area contributed by atoms with E-state index in [1.165, 1.54) is 18.4 Å². The summed E-state index contributed by atoms with van der Waals surface area (Å²) in [5.74, 6) is 0.997. The monoisotopic (exact) mass is 272 g/mol. The van der Waals surface area contributed by atoms with Gasteiger partial charge in [0.1, 0.15) is 0 Å². The molecule has 1 saturated heterocycles. The van der Waals surface area contributed by atoms with Crippen LogP contribution in [0.15, 0.2) is 24.3 Å². The number of anilines is 1. The zero-order valence-electron chi connectivity index (χ0n) is 12.3. The Balaban J connectivity index is 1.69. The van der Waals surface area contributed by atoms with Crippen molar-refractivity contribution in [2.24, 2.45) is 5.92 Å². The van der Waals surface area contributed by atoms with Gasteiger partial charge in [-0.15, -0.1) is 0 Å². The van der Waals surface area contributed by atoms with E-state index in [9.17, 15) is 4.79 Å². The standard InChI is InChI=1S/C17H24N2O/c1-14-6-4-10-18(12-14)13-17(20)19-11-5-8-15-7-2-3-9-16(15)19/h2-3,7,9,14H,4-6,8,10-13H2,1H3/t14-/m0/s1. The maximum absolute atomic E-state index is 12.6. The highest BCUT2D eigenvalue weighted by molar-refractivity contribution is 5.95. The largest absolute Gasteiger partial charge is 0.311 e. The Morgan fingerprint density at radius 2 is 2.10 bits per heavy atom. The molecule has 20 heavy (non-hydrogen) atoms. The molecule has 1 fully saturated rings. The SMILES string of the molecule is C[C@H]1CCCN(CC(=O)N2CCCc3ccccc32)C1. The summed E-state index contributed by atoms with van der Waals surface area (Å²) in [6, 6.07) is 8.34. The van der Waals surface area contributed by atoms with E-state index in [0.29, 0.717) is 6.54 Å². The van der Waals surface area contributed by atoms with Gasteiger partial charge in [-0.1, -0.05) is 25.1 Å². The van der Waals surface area contributed by atoms with Crippen molar-refractivity contribution in [2.45, 2.75) is 32.6 Å². The van der Waals surface area contributed by atoms with Gasteiger partial charge in [-0.25, -0.2) is 0 Å². The van der Waals surface area contributed by atoms with Gasteiger partial charge in [0, 0.05) is 18.8 Å². The second-order valence-corrected chi connectivity index (χ2v) is 6.26. The summed E-state index contributed by atoms with van der Waals surface area (Å²) in [5, 5.41) is 0. The van der Waals surface area contributed by atoms with Gasteiger partial charge in [0.05, 0.1) is 6.54 Å². The smallest absolute Gasteiger partial charge is 0.241 e. The van der Waals surface area contributed by atoms with Crippen LogP contribution in [0, 0.1) is 5.92 Å². The van der Waals surface area contributed by atoms with Crippen molar-refractivity contribution in [1.29, 1.82) is 0 Å². The molecule has 0 unspecified atom stereocenters. The van der Waals surface area contributed by atoms with Gasteiger partial charge in [-0.05, 0) is 49.8 Å². The second-order valence-electron chi connectivity index (χ2n) is 6.26. The van der Waals surface area contributed by atoms with Crippen molar-refractivity contribution in [3.8, 4) is 0 Å². The van der Waals surface area contributed by atoms with Crippen molar-refractivity contribution >= 4 is 11.6 Å². The Morgan fingerprint density at radius 3 is 2.95 bits per heavy atom. The van der Waals surface area contributed by atoms with Gasteiger partial charge in [0.15, 0.2) is 0 Å². The van der Waals surface area contributed by atoms with Crippen LogP contribution in [0.4, 0.5) is 5.69 Å². The Hall–Kier alpha value is -1.35. The van der Waals surface area contributed by atoms with Gasteiger partial charge in [-0.3, -0.25) is 9.69 Å². The van der Waals surface area contributed by atoms with Crippen molar-refractivity contribution in [1.82, 2.24) is 4.90 Å². The number of aryl methyl sites for hydroxylation is 1. The molecule has 0 bridgehead atoms. The molecule has 3 nitrogen and oxygen atoms in total. The lowest BCUT2D eigenvalue weighted by atomic mass is 10.00. The van der Waals surface area contributed by atoms with E-state index in [2.05, 4.69) is 30.0 Å². The van der Waals surface area contributed by atoms with Gasteiger partial charge in [-0.2, -0.15) is 0 Å². The molecule has 0 N–H and O–H groups in total. The summed E-state index contributed by atoms with van der Waals surface area (Å²) < 4.78 is 0. The molecule has 108 valence electrons. The van der Waals surface area contributed by atoms with Gasteiger partial charge < -0.3 is 4.90 Å². The molecule has 0 spiro atoms. The quantitative estimate of drug-likeness (QED) is 0.826. The van der Waals surface area contributed by atoms with Crippen molar-refractivity contribution < 1.29 is 4.79 Å². The van der Waals surface area contributed by atoms with Crippen LogP contribution in [-0.4, -0.2) is 37.0 Å². The minimum atomic E-state index is 0.270. The van der Waals surface area contributed by atoms with E-state index in [-0.39, 0.29) is 5.91 Å². The van der Waals surface area contributed by atoms with Crippen LogP contribution in [0.25, 0.3) is 0 Å². The molecule has 0 aliphatic carbocycles.